The summed E-state index contributed by atoms with van der Waals surface area (Å²) in [6, 6.07) is 0. The first-order valence-corrected chi connectivity index (χ1v) is 2.87. The summed E-state index contributed by atoms with van der Waals surface area (Å²) in [5.74, 6) is 0.0139. The minimum atomic E-state index is -0.0868. The smallest absolute Gasteiger partial charge is 0.216 e. The highest BCUT2D eigenvalue weighted by Gasteiger charge is 1.92. The van der Waals surface area contributed by atoms with Gasteiger partial charge in [0.1, 0.15) is 5.78 Å². The Morgan fingerprint density at radius 2 is 1.89 bits per heavy atom. The van der Waals surface area contributed by atoms with Crippen LogP contribution in [0.2, 0.25) is 0 Å². The van der Waals surface area contributed by atoms with Gasteiger partial charge in [-0.2, -0.15) is 0 Å². The standard InChI is InChI=1S/C6H11NO2/c1-5(8)3-4-7-6(2)9/h3-4H2,1-2H3,(H,7,9). The maximum atomic E-state index is 10.3. The maximum Gasteiger partial charge on any atom is 0.216 e. The van der Waals surface area contributed by atoms with E-state index in [-0.39, 0.29) is 11.7 Å². The van der Waals surface area contributed by atoms with E-state index < -0.39 is 0 Å². The Morgan fingerprint density at radius 1 is 1.33 bits per heavy atom. The second kappa shape index (κ2) is 4.06. The van der Waals surface area contributed by atoms with E-state index in [1.807, 2.05) is 0 Å². The van der Waals surface area contributed by atoms with Crippen molar-refractivity contribution in [2.75, 3.05) is 6.54 Å². The van der Waals surface area contributed by atoms with Crippen molar-refractivity contribution < 1.29 is 9.59 Å². The lowest BCUT2D eigenvalue weighted by atomic mass is 10.3. The predicted octanol–water partition coefficient (Wildman–Crippen LogP) is 0.102. The van der Waals surface area contributed by atoms with Crippen LogP contribution in [0.25, 0.3) is 0 Å². The van der Waals surface area contributed by atoms with Gasteiger partial charge in [-0.15, -0.1) is 0 Å². The third-order valence-electron chi connectivity index (χ3n) is 0.851. The van der Waals surface area contributed by atoms with Crippen LogP contribution < -0.4 is 5.32 Å². The topological polar surface area (TPSA) is 46.2 Å². The molecule has 0 aliphatic heterocycles. The molecule has 0 bridgehead atoms. The molecule has 0 aliphatic carbocycles. The van der Waals surface area contributed by atoms with E-state index in [0.717, 1.165) is 0 Å². The molecule has 0 saturated carbocycles. The van der Waals surface area contributed by atoms with Gasteiger partial charge in [0.05, 0.1) is 0 Å². The highest BCUT2D eigenvalue weighted by atomic mass is 16.1. The predicted molar refractivity (Wildman–Crippen MR) is 34.0 cm³/mol. The van der Waals surface area contributed by atoms with Gasteiger partial charge in [-0.3, -0.25) is 9.59 Å². The van der Waals surface area contributed by atoms with Crippen LogP contribution in [-0.2, 0) is 9.59 Å². The van der Waals surface area contributed by atoms with Crippen LogP contribution in [0.5, 0.6) is 0 Å². The number of rotatable bonds is 3. The van der Waals surface area contributed by atoms with Gasteiger partial charge in [-0.1, -0.05) is 0 Å². The first kappa shape index (κ1) is 8.14. The van der Waals surface area contributed by atoms with Gasteiger partial charge in [-0.25, -0.2) is 0 Å². The summed E-state index contributed by atoms with van der Waals surface area (Å²) in [6.07, 6.45) is 0.430. The molecule has 1 amide bonds. The van der Waals surface area contributed by atoms with Gasteiger partial charge in [-0.05, 0) is 6.92 Å². The monoisotopic (exact) mass is 129 g/mol. The van der Waals surface area contributed by atoms with Crippen LogP contribution in [0.4, 0.5) is 0 Å². The zero-order valence-corrected chi connectivity index (χ0v) is 5.73. The molecule has 0 aromatic carbocycles. The summed E-state index contributed by atoms with van der Waals surface area (Å²) in [5.41, 5.74) is 0. The lowest BCUT2D eigenvalue weighted by molar-refractivity contribution is -0.119. The van der Waals surface area contributed by atoms with E-state index in [1.165, 1.54) is 13.8 Å². The van der Waals surface area contributed by atoms with Crippen LogP contribution in [0.1, 0.15) is 20.3 Å². The highest BCUT2D eigenvalue weighted by molar-refractivity contribution is 5.77. The fourth-order valence-corrected chi connectivity index (χ4v) is 0.415. The molecule has 0 atom stereocenters. The van der Waals surface area contributed by atoms with Crippen molar-refractivity contribution in [1.29, 1.82) is 0 Å². The molecule has 3 heteroatoms. The van der Waals surface area contributed by atoms with E-state index in [4.69, 9.17) is 0 Å². The number of nitrogens with one attached hydrogen (secondary N) is 1. The molecule has 0 heterocycles. The molecule has 0 radical (unpaired) electrons. The lowest BCUT2D eigenvalue weighted by Gasteiger charge is -1.96. The van der Waals surface area contributed by atoms with Crippen molar-refractivity contribution in [1.82, 2.24) is 5.32 Å². The number of amides is 1. The molecule has 3 nitrogen and oxygen atoms in total. The van der Waals surface area contributed by atoms with Crippen molar-refractivity contribution in [2.45, 2.75) is 20.3 Å². The van der Waals surface area contributed by atoms with Crippen LogP contribution in [-0.4, -0.2) is 18.2 Å². The molecular weight excluding hydrogens is 118 g/mol. The number of carbonyl (C=O) groups excluding carboxylic acids is 2. The average Bonchev–Trinajstić information content (AvgIpc) is 1.63. The minimum absolute atomic E-state index is 0.0868. The Kier molecular flexibility index (Phi) is 3.67. The molecular formula is C6H11NO2. The highest BCUT2D eigenvalue weighted by Crippen LogP contribution is 1.76. The third kappa shape index (κ3) is 7.14. The third-order valence-corrected chi connectivity index (χ3v) is 0.851. The molecule has 9 heavy (non-hydrogen) atoms. The molecule has 0 unspecified atom stereocenters. The van der Waals surface area contributed by atoms with Gasteiger partial charge in [0.2, 0.25) is 5.91 Å². The number of hydrogen-bond donors (Lipinski definition) is 1. The minimum Gasteiger partial charge on any atom is -0.356 e. The molecule has 0 rings (SSSR count). The van der Waals surface area contributed by atoms with Crippen molar-refractivity contribution >= 4 is 11.7 Å². The zero-order valence-electron chi connectivity index (χ0n) is 5.73. The van der Waals surface area contributed by atoms with Gasteiger partial charge in [0, 0.05) is 19.9 Å². The molecule has 0 spiro atoms. The first-order valence-electron chi connectivity index (χ1n) is 2.87. The van der Waals surface area contributed by atoms with E-state index in [9.17, 15) is 9.59 Å². The Balaban J connectivity index is 3.10. The molecule has 0 fully saturated rings. The van der Waals surface area contributed by atoms with E-state index in [0.29, 0.717) is 13.0 Å². The quantitative estimate of drug-likeness (QED) is 0.587. The van der Waals surface area contributed by atoms with Crippen LogP contribution in [0, 0.1) is 0 Å². The van der Waals surface area contributed by atoms with Crippen molar-refractivity contribution in [3.05, 3.63) is 0 Å². The molecule has 0 aliphatic rings. The largest absolute Gasteiger partial charge is 0.356 e. The molecule has 52 valence electrons. The number of hydrogen-bond acceptors (Lipinski definition) is 2. The summed E-state index contributed by atoms with van der Waals surface area (Å²) in [6.45, 7) is 3.40. The fourth-order valence-electron chi connectivity index (χ4n) is 0.415. The van der Waals surface area contributed by atoms with Gasteiger partial charge >= 0.3 is 0 Å². The van der Waals surface area contributed by atoms with Gasteiger partial charge < -0.3 is 5.32 Å². The van der Waals surface area contributed by atoms with Gasteiger partial charge in [0.15, 0.2) is 0 Å². The average molecular weight is 129 g/mol. The van der Waals surface area contributed by atoms with Crippen LogP contribution >= 0.6 is 0 Å². The summed E-state index contributed by atoms with van der Waals surface area (Å²) in [5, 5.41) is 2.52. The fraction of sp³-hybridized carbons (Fsp3) is 0.667. The second-order valence-electron chi connectivity index (χ2n) is 1.93. The van der Waals surface area contributed by atoms with Crippen molar-refractivity contribution in [2.24, 2.45) is 0 Å². The summed E-state index contributed by atoms with van der Waals surface area (Å²) >= 11 is 0. The van der Waals surface area contributed by atoms with Crippen molar-refractivity contribution in [3.63, 3.8) is 0 Å². The first-order chi connectivity index (χ1) is 4.13. The van der Waals surface area contributed by atoms with E-state index >= 15 is 0 Å². The number of ketones is 1. The summed E-state index contributed by atoms with van der Waals surface area (Å²) in [7, 11) is 0. The Bertz CT molecular complexity index is 106. The van der Waals surface area contributed by atoms with E-state index in [2.05, 4.69) is 5.32 Å². The maximum absolute atomic E-state index is 10.3. The Hall–Kier alpha value is -0.860. The van der Waals surface area contributed by atoms with E-state index in [1.54, 1.807) is 0 Å². The van der Waals surface area contributed by atoms with Crippen LogP contribution in [0.15, 0.2) is 0 Å². The molecule has 1 N–H and O–H groups in total. The van der Waals surface area contributed by atoms with Crippen LogP contribution in [0.3, 0.4) is 0 Å². The molecule has 0 aromatic heterocycles. The SMILES string of the molecule is CC(=O)CCNC(C)=O. The number of Topliss-reactive ketones (excluding diaryl/α,β-unsaturated/α-hetero) is 1. The summed E-state index contributed by atoms with van der Waals surface area (Å²) < 4.78 is 0. The molecule has 0 saturated heterocycles. The van der Waals surface area contributed by atoms with Crippen molar-refractivity contribution in [3.8, 4) is 0 Å². The zero-order chi connectivity index (χ0) is 7.28. The second-order valence-corrected chi connectivity index (χ2v) is 1.93. The Morgan fingerprint density at radius 3 is 2.22 bits per heavy atom. The Labute approximate surface area is 54.4 Å². The molecule has 0 aromatic rings. The van der Waals surface area contributed by atoms with Gasteiger partial charge in [0.25, 0.3) is 0 Å². The number of carbonyl (C=O) groups is 2. The lowest BCUT2D eigenvalue weighted by Crippen LogP contribution is -2.22. The summed E-state index contributed by atoms with van der Waals surface area (Å²) in [4.78, 5) is 20.5. The normalized spacial score (nSPS) is 8.67.